The molecular formula is C14H20N2O2. The summed E-state index contributed by atoms with van der Waals surface area (Å²) in [5, 5.41) is 0. The Bertz CT molecular complexity index is 416. The van der Waals surface area contributed by atoms with Gasteiger partial charge >= 0.3 is 0 Å². The van der Waals surface area contributed by atoms with Gasteiger partial charge in [0.25, 0.3) is 0 Å². The molecule has 2 atom stereocenters. The van der Waals surface area contributed by atoms with E-state index in [0.717, 1.165) is 24.3 Å². The van der Waals surface area contributed by atoms with Crippen molar-refractivity contribution in [3.8, 4) is 5.75 Å². The molecule has 0 aromatic heterocycles. The fourth-order valence-corrected chi connectivity index (χ4v) is 2.43. The second-order valence-electron chi connectivity index (χ2n) is 4.70. The number of ether oxygens (including phenoxy) is 1. The van der Waals surface area contributed by atoms with Crippen molar-refractivity contribution in [2.24, 2.45) is 11.7 Å². The lowest BCUT2D eigenvalue weighted by Crippen LogP contribution is -2.32. The number of hydrogen-bond acceptors (Lipinski definition) is 3. The largest absolute Gasteiger partial charge is 0.497 e. The number of carbonyl (C=O) groups excluding carboxylic acids is 1. The van der Waals surface area contributed by atoms with E-state index in [1.165, 1.54) is 0 Å². The summed E-state index contributed by atoms with van der Waals surface area (Å²) in [6, 6.07) is 7.96. The van der Waals surface area contributed by atoms with Crippen molar-refractivity contribution in [1.82, 2.24) is 4.90 Å². The number of rotatable bonds is 4. The Labute approximate surface area is 108 Å². The summed E-state index contributed by atoms with van der Waals surface area (Å²) in [7, 11) is 1.65. The Balaban J connectivity index is 2.11. The predicted octanol–water partition coefficient (Wildman–Crippen LogP) is 1.56. The summed E-state index contributed by atoms with van der Waals surface area (Å²) in [4.78, 5) is 14.0. The second-order valence-corrected chi connectivity index (χ2v) is 4.70. The number of nitrogens with two attached hydrogens (primary N) is 1. The van der Waals surface area contributed by atoms with Crippen LogP contribution in [-0.2, 0) is 4.79 Å². The fraction of sp³-hybridized carbons (Fsp3) is 0.500. The third-order valence-electron chi connectivity index (χ3n) is 3.70. The van der Waals surface area contributed by atoms with Crippen LogP contribution in [0.1, 0.15) is 24.9 Å². The minimum atomic E-state index is 0.00528. The molecule has 1 aromatic carbocycles. The molecule has 2 rings (SSSR count). The van der Waals surface area contributed by atoms with Crippen LogP contribution in [0.25, 0.3) is 0 Å². The van der Waals surface area contributed by atoms with Gasteiger partial charge in [0.05, 0.1) is 19.1 Å². The molecule has 0 saturated carbocycles. The number of likely N-dealkylation sites (tertiary alicyclic amines) is 1. The molecule has 0 spiro atoms. The van der Waals surface area contributed by atoms with Crippen molar-refractivity contribution >= 4 is 5.91 Å². The predicted molar refractivity (Wildman–Crippen MR) is 70.3 cm³/mol. The molecule has 1 fully saturated rings. The van der Waals surface area contributed by atoms with Gasteiger partial charge in [0.2, 0.25) is 5.91 Å². The van der Waals surface area contributed by atoms with E-state index in [1.807, 2.05) is 29.2 Å². The number of benzene rings is 1. The third-order valence-corrected chi connectivity index (χ3v) is 3.70. The molecule has 1 aromatic rings. The number of carbonyl (C=O) groups is 1. The highest BCUT2D eigenvalue weighted by atomic mass is 16.5. The molecule has 1 aliphatic rings. The molecule has 18 heavy (non-hydrogen) atoms. The Morgan fingerprint density at radius 1 is 1.44 bits per heavy atom. The van der Waals surface area contributed by atoms with E-state index in [2.05, 4.69) is 6.92 Å². The number of hydrogen-bond donors (Lipinski definition) is 1. The van der Waals surface area contributed by atoms with Crippen LogP contribution in [0.3, 0.4) is 0 Å². The monoisotopic (exact) mass is 248 g/mol. The molecule has 98 valence electrons. The van der Waals surface area contributed by atoms with Crippen LogP contribution < -0.4 is 10.5 Å². The first-order valence-corrected chi connectivity index (χ1v) is 6.32. The van der Waals surface area contributed by atoms with Crippen molar-refractivity contribution in [2.45, 2.75) is 19.4 Å². The Morgan fingerprint density at radius 2 is 2.11 bits per heavy atom. The van der Waals surface area contributed by atoms with Gasteiger partial charge in [-0.05, 0) is 31.0 Å². The van der Waals surface area contributed by atoms with Crippen LogP contribution in [0.4, 0.5) is 0 Å². The summed E-state index contributed by atoms with van der Waals surface area (Å²) in [5.74, 6) is 1.02. The molecule has 0 radical (unpaired) electrons. The molecule has 0 unspecified atom stereocenters. The highest BCUT2D eigenvalue weighted by molar-refractivity contribution is 5.81. The zero-order valence-electron chi connectivity index (χ0n) is 10.9. The quantitative estimate of drug-likeness (QED) is 0.879. The van der Waals surface area contributed by atoms with Crippen LogP contribution in [-0.4, -0.2) is 31.0 Å². The van der Waals surface area contributed by atoms with Crippen LogP contribution in [0.2, 0.25) is 0 Å². The van der Waals surface area contributed by atoms with Gasteiger partial charge in [-0.25, -0.2) is 0 Å². The summed E-state index contributed by atoms with van der Waals surface area (Å²) in [6.07, 6.45) is 0.871. The molecular weight excluding hydrogens is 228 g/mol. The minimum absolute atomic E-state index is 0.00528. The van der Waals surface area contributed by atoms with Crippen molar-refractivity contribution < 1.29 is 9.53 Å². The molecule has 1 saturated heterocycles. The van der Waals surface area contributed by atoms with E-state index in [0.29, 0.717) is 6.54 Å². The lowest BCUT2D eigenvalue weighted by molar-refractivity contribution is -0.132. The van der Waals surface area contributed by atoms with Crippen LogP contribution in [0, 0.1) is 5.92 Å². The summed E-state index contributed by atoms with van der Waals surface area (Å²) < 4.78 is 5.13. The zero-order chi connectivity index (χ0) is 13.1. The van der Waals surface area contributed by atoms with Gasteiger partial charge in [-0.2, -0.15) is 0 Å². The Kier molecular flexibility index (Phi) is 3.87. The number of nitrogens with zero attached hydrogens (tertiary/aromatic N) is 1. The SMILES string of the molecule is COc1ccc([C@@H](C)N2CC[C@H](CN)C2=O)cc1. The Morgan fingerprint density at radius 3 is 2.61 bits per heavy atom. The van der Waals surface area contributed by atoms with Crippen molar-refractivity contribution in [3.63, 3.8) is 0 Å². The standard InChI is InChI=1S/C14H20N2O2/c1-10(11-3-5-13(18-2)6-4-11)16-8-7-12(9-15)14(16)17/h3-6,10,12H,7-9,15H2,1-2H3/t10-,12-/m1/s1. The molecule has 2 N–H and O–H groups in total. The van der Waals surface area contributed by atoms with Crippen LogP contribution in [0.15, 0.2) is 24.3 Å². The Hall–Kier alpha value is -1.55. The highest BCUT2D eigenvalue weighted by Gasteiger charge is 2.33. The first kappa shape index (κ1) is 12.9. The minimum Gasteiger partial charge on any atom is -0.497 e. The smallest absolute Gasteiger partial charge is 0.227 e. The van der Waals surface area contributed by atoms with E-state index in [4.69, 9.17) is 10.5 Å². The molecule has 0 bridgehead atoms. The maximum atomic E-state index is 12.1. The van der Waals surface area contributed by atoms with Gasteiger partial charge in [0, 0.05) is 13.1 Å². The summed E-state index contributed by atoms with van der Waals surface area (Å²) >= 11 is 0. The van der Waals surface area contributed by atoms with Gasteiger partial charge in [0.15, 0.2) is 0 Å². The first-order valence-electron chi connectivity index (χ1n) is 6.32. The van der Waals surface area contributed by atoms with Gasteiger partial charge < -0.3 is 15.4 Å². The molecule has 1 aliphatic heterocycles. The van der Waals surface area contributed by atoms with Gasteiger partial charge in [-0.1, -0.05) is 12.1 Å². The third kappa shape index (κ3) is 2.34. The average Bonchev–Trinajstić information content (AvgIpc) is 2.79. The van der Waals surface area contributed by atoms with Crippen molar-refractivity contribution in [1.29, 1.82) is 0 Å². The molecule has 4 nitrogen and oxygen atoms in total. The van der Waals surface area contributed by atoms with Crippen molar-refractivity contribution in [2.75, 3.05) is 20.2 Å². The van der Waals surface area contributed by atoms with E-state index < -0.39 is 0 Å². The maximum absolute atomic E-state index is 12.1. The van der Waals surface area contributed by atoms with Gasteiger partial charge in [0.1, 0.15) is 5.75 Å². The zero-order valence-corrected chi connectivity index (χ0v) is 10.9. The first-order chi connectivity index (χ1) is 8.67. The second kappa shape index (κ2) is 5.40. The average molecular weight is 248 g/mol. The molecule has 1 heterocycles. The fourth-order valence-electron chi connectivity index (χ4n) is 2.43. The van der Waals surface area contributed by atoms with E-state index in [9.17, 15) is 4.79 Å². The topological polar surface area (TPSA) is 55.6 Å². The summed E-state index contributed by atoms with van der Waals surface area (Å²) in [6.45, 7) is 3.30. The van der Waals surface area contributed by atoms with E-state index >= 15 is 0 Å². The lowest BCUT2D eigenvalue weighted by atomic mass is 10.1. The van der Waals surface area contributed by atoms with E-state index in [1.54, 1.807) is 7.11 Å². The lowest BCUT2D eigenvalue weighted by Gasteiger charge is -2.25. The van der Waals surface area contributed by atoms with Crippen molar-refractivity contribution in [3.05, 3.63) is 29.8 Å². The molecule has 4 heteroatoms. The highest BCUT2D eigenvalue weighted by Crippen LogP contribution is 2.28. The normalized spacial score (nSPS) is 21.2. The van der Waals surface area contributed by atoms with Crippen LogP contribution in [0.5, 0.6) is 5.75 Å². The summed E-state index contributed by atoms with van der Waals surface area (Å²) in [5.41, 5.74) is 6.73. The van der Waals surface area contributed by atoms with E-state index in [-0.39, 0.29) is 17.9 Å². The number of amides is 1. The van der Waals surface area contributed by atoms with Gasteiger partial charge in [-0.15, -0.1) is 0 Å². The van der Waals surface area contributed by atoms with Gasteiger partial charge in [-0.3, -0.25) is 4.79 Å². The van der Waals surface area contributed by atoms with Crippen LogP contribution >= 0.6 is 0 Å². The molecule has 0 aliphatic carbocycles. The molecule has 1 amide bonds. The maximum Gasteiger partial charge on any atom is 0.227 e. The number of methoxy groups -OCH3 is 1.